The van der Waals surface area contributed by atoms with Crippen molar-refractivity contribution in [2.45, 2.75) is 19.3 Å². The minimum atomic E-state index is -0.907. The van der Waals surface area contributed by atoms with Crippen molar-refractivity contribution in [3.8, 4) is 11.8 Å². The van der Waals surface area contributed by atoms with Gasteiger partial charge in [0.05, 0.1) is 24.7 Å². The van der Waals surface area contributed by atoms with E-state index in [4.69, 9.17) is 15.1 Å². The molecule has 1 unspecified atom stereocenters. The summed E-state index contributed by atoms with van der Waals surface area (Å²) in [6.45, 7) is 1.79. The maximum atomic E-state index is 11.1. The fourth-order valence-corrected chi connectivity index (χ4v) is 1.60. The van der Waals surface area contributed by atoms with Crippen molar-refractivity contribution < 1.29 is 14.6 Å². The van der Waals surface area contributed by atoms with Gasteiger partial charge in [0, 0.05) is 5.56 Å². The Balaban J connectivity index is 3.28. The van der Waals surface area contributed by atoms with Crippen LogP contribution in [0.2, 0.25) is 0 Å². The first-order valence-electron chi connectivity index (χ1n) is 4.94. The van der Waals surface area contributed by atoms with E-state index in [2.05, 4.69) is 0 Å². The first-order valence-corrected chi connectivity index (χ1v) is 4.94. The van der Waals surface area contributed by atoms with Gasteiger partial charge in [-0.3, -0.25) is 4.79 Å². The molecule has 0 radical (unpaired) electrons. The van der Waals surface area contributed by atoms with Crippen LogP contribution in [0.3, 0.4) is 0 Å². The largest absolute Gasteiger partial charge is 0.496 e. The lowest BCUT2D eigenvalue weighted by molar-refractivity contribution is -0.138. The minimum absolute atomic E-state index is 0.440. The van der Waals surface area contributed by atoms with E-state index in [9.17, 15) is 4.79 Å². The van der Waals surface area contributed by atoms with Crippen molar-refractivity contribution in [2.24, 2.45) is 0 Å². The molecule has 1 aromatic rings. The van der Waals surface area contributed by atoms with Crippen LogP contribution in [0.5, 0.6) is 5.75 Å². The summed E-state index contributed by atoms with van der Waals surface area (Å²) in [4.78, 5) is 11.1. The maximum Gasteiger partial charge on any atom is 0.311 e. The zero-order valence-electron chi connectivity index (χ0n) is 9.23. The lowest BCUT2D eigenvalue weighted by atomic mass is 9.94. The van der Waals surface area contributed by atoms with Gasteiger partial charge in [-0.15, -0.1) is 0 Å². The second-order valence-corrected chi connectivity index (χ2v) is 3.37. The number of rotatable bonds is 4. The lowest BCUT2D eigenvalue weighted by Gasteiger charge is -2.14. The van der Waals surface area contributed by atoms with E-state index in [-0.39, 0.29) is 0 Å². The number of methoxy groups -OCH3 is 1. The summed E-state index contributed by atoms with van der Waals surface area (Å²) in [5.41, 5.74) is 0.993. The van der Waals surface area contributed by atoms with E-state index in [1.54, 1.807) is 25.1 Å². The highest BCUT2D eigenvalue weighted by atomic mass is 16.5. The molecule has 0 aromatic heterocycles. The zero-order chi connectivity index (χ0) is 12.1. The average molecular weight is 219 g/mol. The topological polar surface area (TPSA) is 70.3 Å². The number of carboxylic acid groups (broad SMARTS) is 1. The van der Waals surface area contributed by atoms with Gasteiger partial charge in [0.1, 0.15) is 5.75 Å². The normalized spacial score (nSPS) is 11.6. The number of hydrogen-bond acceptors (Lipinski definition) is 3. The van der Waals surface area contributed by atoms with Crippen LogP contribution in [0, 0.1) is 11.3 Å². The van der Waals surface area contributed by atoms with Gasteiger partial charge in [-0.1, -0.05) is 6.92 Å². The smallest absolute Gasteiger partial charge is 0.311 e. The van der Waals surface area contributed by atoms with Crippen molar-refractivity contribution >= 4 is 5.97 Å². The maximum absolute atomic E-state index is 11.1. The van der Waals surface area contributed by atoms with Gasteiger partial charge in [0.2, 0.25) is 0 Å². The molecule has 0 bridgehead atoms. The number of carbonyl (C=O) groups is 1. The molecular weight excluding hydrogens is 206 g/mol. The molecule has 84 valence electrons. The number of hydrogen-bond donors (Lipinski definition) is 1. The number of aliphatic carboxylic acids is 1. The molecule has 1 aromatic carbocycles. The Labute approximate surface area is 94.1 Å². The quantitative estimate of drug-likeness (QED) is 0.842. The van der Waals surface area contributed by atoms with Gasteiger partial charge in [-0.05, 0) is 24.6 Å². The van der Waals surface area contributed by atoms with Crippen molar-refractivity contribution in [1.82, 2.24) is 0 Å². The summed E-state index contributed by atoms with van der Waals surface area (Å²) in [5, 5.41) is 17.9. The van der Waals surface area contributed by atoms with Crippen LogP contribution < -0.4 is 4.74 Å². The molecule has 4 nitrogen and oxygen atoms in total. The zero-order valence-corrected chi connectivity index (χ0v) is 9.23. The van der Waals surface area contributed by atoms with Crippen LogP contribution in [0.1, 0.15) is 30.4 Å². The highest BCUT2D eigenvalue weighted by Crippen LogP contribution is 2.30. The minimum Gasteiger partial charge on any atom is -0.496 e. The molecule has 0 aliphatic heterocycles. The summed E-state index contributed by atoms with van der Waals surface area (Å²) >= 11 is 0. The van der Waals surface area contributed by atoms with Crippen molar-refractivity contribution in [1.29, 1.82) is 5.26 Å². The van der Waals surface area contributed by atoms with Crippen LogP contribution in [-0.4, -0.2) is 18.2 Å². The van der Waals surface area contributed by atoms with Crippen molar-refractivity contribution in [3.63, 3.8) is 0 Å². The average Bonchev–Trinajstić information content (AvgIpc) is 2.29. The third kappa shape index (κ3) is 2.31. The number of ether oxygens (including phenoxy) is 1. The third-order valence-corrected chi connectivity index (χ3v) is 2.44. The summed E-state index contributed by atoms with van der Waals surface area (Å²) in [7, 11) is 1.49. The molecule has 0 amide bonds. The first-order chi connectivity index (χ1) is 7.63. The summed E-state index contributed by atoms with van der Waals surface area (Å²) in [6, 6.07) is 6.79. The highest BCUT2D eigenvalue weighted by molar-refractivity contribution is 5.77. The summed E-state index contributed by atoms with van der Waals surface area (Å²) in [5.74, 6) is -1.03. The van der Waals surface area contributed by atoms with Gasteiger partial charge < -0.3 is 9.84 Å². The standard InChI is InChI=1S/C12H13NO3/c1-3-9(12(14)15)10-6-8(7-13)4-5-11(10)16-2/h4-6,9H,3H2,1-2H3,(H,14,15). The molecule has 1 rings (SSSR count). The Kier molecular flexibility index (Phi) is 3.90. The predicted molar refractivity (Wildman–Crippen MR) is 58.4 cm³/mol. The molecule has 1 N–H and O–H groups in total. The fraction of sp³-hybridized carbons (Fsp3) is 0.333. The van der Waals surface area contributed by atoms with Gasteiger partial charge in [0.15, 0.2) is 0 Å². The molecule has 0 spiro atoms. The molecule has 0 saturated carbocycles. The van der Waals surface area contributed by atoms with Crippen LogP contribution >= 0.6 is 0 Å². The van der Waals surface area contributed by atoms with Crippen LogP contribution in [0.4, 0.5) is 0 Å². The Morgan fingerprint density at radius 2 is 2.31 bits per heavy atom. The monoisotopic (exact) mass is 219 g/mol. The van der Waals surface area contributed by atoms with E-state index in [1.807, 2.05) is 6.07 Å². The fourth-order valence-electron chi connectivity index (χ4n) is 1.60. The van der Waals surface area contributed by atoms with Gasteiger partial charge in [-0.2, -0.15) is 5.26 Å². The number of nitrogens with zero attached hydrogens (tertiary/aromatic N) is 1. The lowest BCUT2D eigenvalue weighted by Crippen LogP contribution is -2.11. The van der Waals surface area contributed by atoms with Crippen LogP contribution in [-0.2, 0) is 4.79 Å². The van der Waals surface area contributed by atoms with Gasteiger partial charge in [-0.25, -0.2) is 0 Å². The SMILES string of the molecule is CCC(C(=O)O)c1cc(C#N)ccc1OC. The van der Waals surface area contributed by atoms with Crippen molar-refractivity contribution in [2.75, 3.05) is 7.11 Å². The van der Waals surface area contributed by atoms with E-state index in [0.29, 0.717) is 23.3 Å². The van der Waals surface area contributed by atoms with Crippen LogP contribution in [0.15, 0.2) is 18.2 Å². The van der Waals surface area contributed by atoms with E-state index < -0.39 is 11.9 Å². The van der Waals surface area contributed by atoms with Gasteiger partial charge in [0.25, 0.3) is 0 Å². The van der Waals surface area contributed by atoms with Crippen LogP contribution in [0.25, 0.3) is 0 Å². The predicted octanol–water partition coefficient (Wildman–Crippen LogP) is 2.15. The summed E-state index contributed by atoms with van der Waals surface area (Å²) < 4.78 is 5.11. The second kappa shape index (κ2) is 5.17. The molecule has 16 heavy (non-hydrogen) atoms. The number of nitriles is 1. The molecule has 0 aliphatic carbocycles. The Hall–Kier alpha value is -2.02. The molecule has 0 aliphatic rings. The summed E-state index contributed by atoms with van der Waals surface area (Å²) in [6.07, 6.45) is 0.459. The third-order valence-electron chi connectivity index (χ3n) is 2.44. The molecule has 1 atom stereocenters. The van der Waals surface area contributed by atoms with E-state index in [0.717, 1.165) is 0 Å². The number of carboxylic acids is 1. The molecular formula is C12H13NO3. The van der Waals surface area contributed by atoms with Gasteiger partial charge >= 0.3 is 5.97 Å². The molecule has 4 heteroatoms. The van der Waals surface area contributed by atoms with Crippen molar-refractivity contribution in [3.05, 3.63) is 29.3 Å². The molecule has 0 fully saturated rings. The Morgan fingerprint density at radius 3 is 2.75 bits per heavy atom. The first kappa shape index (κ1) is 12.1. The van der Waals surface area contributed by atoms with E-state index >= 15 is 0 Å². The second-order valence-electron chi connectivity index (χ2n) is 3.37. The Morgan fingerprint density at radius 1 is 1.62 bits per heavy atom. The molecule has 0 saturated heterocycles. The highest BCUT2D eigenvalue weighted by Gasteiger charge is 2.21. The molecule has 0 heterocycles. The Bertz CT molecular complexity index is 434. The number of benzene rings is 1. The van der Waals surface area contributed by atoms with E-state index in [1.165, 1.54) is 7.11 Å².